The van der Waals surface area contributed by atoms with Gasteiger partial charge in [-0.1, -0.05) is 48.3 Å². The summed E-state index contributed by atoms with van der Waals surface area (Å²) in [6.45, 7) is 4.54. The summed E-state index contributed by atoms with van der Waals surface area (Å²) >= 11 is 5.70. The van der Waals surface area contributed by atoms with Crippen LogP contribution in [-0.4, -0.2) is 17.0 Å². The topological polar surface area (TPSA) is 12.0 Å². The molecule has 2 rings (SSSR count). The Bertz CT molecular complexity index is 396. The monoisotopic (exact) mass is 341 g/mol. The quantitative estimate of drug-likeness (QED) is 0.766. The van der Waals surface area contributed by atoms with E-state index in [0.717, 1.165) is 11.7 Å². The predicted molar refractivity (Wildman–Crippen MR) is 89.9 cm³/mol. The molecule has 0 bridgehead atoms. The molecule has 0 saturated heterocycles. The zero-order valence-electron chi connectivity index (χ0n) is 11.9. The van der Waals surface area contributed by atoms with Crippen LogP contribution in [0.25, 0.3) is 0 Å². The molecule has 0 aromatic heterocycles. The van der Waals surface area contributed by atoms with Gasteiger partial charge in [0.15, 0.2) is 0 Å². The van der Waals surface area contributed by atoms with Crippen molar-refractivity contribution in [1.82, 2.24) is 5.32 Å². The molecule has 1 aromatic rings. The molecule has 1 saturated carbocycles. The van der Waals surface area contributed by atoms with Gasteiger partial charge in [0.1, 0.15) is 0 Å². The van der Waals surface area contributed by atoms with Crippen LogP contribution in [0.2, 0.25) is 0 Å². The lowest BCUT2D eigenvalue weighted by Crippen LogP contribution is -2.37. The Morgan fingerprint density at radius 1 is 1.37 bits per heavy atom. The Kier molecular flexibility index (Phi) is 6.24. The first kappa shape index (κ1) is 15.4. The van der Waals surface area contributed by atoms with E-state index in [4.69, 9.17) is 0 Å². The van der Waals surface area contributed by atoms with E-state index in [0.29, 0.717) is 12.1 Å². The van der Waals surface area contributed by atoms with Crippen molar-refractivity contribution >= 4 is 27.7 Å². The van der Waals surface area contributed by atoms with E-state index in [9.17, 15) is 0 Å². The summed E-state index contributed by atoms with van der Waals surface area (Å²) in [6.07, 6.45) is 5.24. The highest BCUT2D eigenvalue weighted by atomic mass is 79.9. The average Bonchev–Trinajstić information content (AvgIpc) is 2.84. The summed E-state index contributed by atoms with van der Waals surface area (Å²) in [5.74, 6) is 1.23. The Morgan fingerprint density at radius 2 is 2.21 bits per heavy atom. The average molecular weight is 342 g/mol. The fourth-order valence-corrected chi connectivity index (χ4v) is 4.59. The Hall–Kier alpha value is 0.01000. The van der Waals surface area contributed by atoms with E-state index < -0.39 is 0 Å². The Labute approximate surface area is 130 Å². The second-order valence-electron chi connectivity index (χ2n) is 5.21. The molecule has 1 nitrogen and oxygen atoms in total. The first-order valence-corrected chi connectivity index (χ1v) is 9.21. The van der Waals surface area contributed by atoms with Gasteiger partial charge in [-0.05, 0) is 42.7 Å². The molecule has 0 amide bonds. The highest BCUT2D eigenvalue weighted by Gasteiger charge is 2.28. The zero-order valence-corrected chi connectivity index (χ0v) is 14.3. The van der Waals surface area contributed by atoms with Gasteiger partial charge in [0.2, 0.25) is 0 Å². The highest BCUT2D eigenvalue weighted by molar-refractivity contribution is 9.10. The molecule has 0 spiro atoms. The van der Waals surface area contributed by atoms with Crippen LogP contribution in [0.3, 0.4) is 0 Å². The molecule has 106 valence electrons. The minimum atomic E-state index is 0.487. The van der Waals surface area contributed by atoms with Crippen molar-refractivity contribution in [3.63, 3.8) is 0 Å². The SMILES string of the molecule is CCSC1CCCC1NC(CC)c1cccc(Br)c1. The molecule has 1 aliphatic carbocycles. The molecule has 3 unspecified atom stereocenters. The zero-order chi connectivity index (χ0) is 13.7. The van der Waals surface area contributed by atoms with Crippen LogP contribution in [-0.2, 0) is 0 Å². The first-order chi connectivity index (χ1) is 9.24. The maximum absolute atomic E-state index is 3.90. The number of hydrogen-bond acceptors (Lipinski definition) is 2. The van der Waals surface area contributed by atoms with Crippen LogP contribution in [0.5, 0.6) is 0 Å². The van der Waals surface area contributed by atoms with Gasteiger partial charge in [0.25, 0.3) is 0 Å². The van der Waals surface area contributed by atoms with E-state index in [1.807, 2.05) is 0 Å². The van der Waals surface area contributed by atoms with Crippen molar-refractivity contribution in [2.24, 2.45) is 0 Å². The maximum Gasteiger partial charge on any atom is 0.0320 e. The molecule has 3 atom stereocenters. The van der Waals surface area contributed by atoms with Gasteiger partial charge in [-0.15, -0.1) is 0 Å². The number of thioether (sulfide) groups is 1. The van der Waals surface area contributed by atoms with Crippen molar-refractivity contribution in [1.29, 1.82) is 0 Å². The van der Waals surface area contributed by atoms with Crippen molar-refractivity contribution in [2.45, 2.75) is 56.9 Å². The van der Waals surface area contributed by atoms with E-state index in [-0.39, 0.29) is 0 Å². The molecule has 1 fully saturated rings. The van der Waals surface area contributed by atoms with Crippen molar-refractivity contribution in [3.8, 4) is 0 Å². The van der Waals surface area contributed by atoms with Gasteiger partial charge in [-0.3, -0.25) is 0 Å². The standard InChI is InChI=1S/C16H24BrNS/c1-3-14(12-7-5-8-13(17)11-12)18-15-9-6-10-16(15)19-4-2/h5,7-8,11,14-16,18H,3-4,6,9-10H2,1-2H3. The Balaban J connectivity index is 2.02. The molecule has 1 aromatic carbocycles. The largest absolute Gasteiger partial charge is 0.306 e. The lowest BCUT2D eigenvalue weighted by atomic mass is 10.0. The van der Waals surface area contributed by atoms with Crippen LogP contribution in [0, 0.1) is 0 Å². The summed E-state index contributed by atoms with van der Waals surface area (Å²) in [4.78, 5) is 0. The van der Waals surface area contributed by atoms with Crippen molar-refractivity contribution < 1.29 is 0 Å². The molecular formula is C16H24BrNS. The van der Waals surface area contributed by atoms with Crippen LogP contribution < -0.4 is 5.32 Å². The molecule has 19 heavy (non-hydrogen) atoms. The van der Waals surface area contributed by atoms with E-state index in [1.165, 1.54) is 35.1 Å². The number of nitrogens with one attached hydrogen (secondary N) is 1. The maximum atomic E-state index is 3.90. The number of halogens is 1. The molecule has 3 heteroatoms. The van der Waals surface area contributed by atoms with Crippen molar-refractivity contribution in [3.05, 3.63) is 34.3 Å². The molecule has 1 N–H and O–H groups in total. The summed E-state index contributed by atoms with van der Waals surface area (Å²) < 4.78 is 1.18. The smallest absolute Gasteiger partial charge is 0.0320 e. The minimum Gasteiger partial charge on any atom is -0.306 e. The molecule has 0 heterocycles. The second-order valence-corrected chi connectivity index (χ2v) is 7.65. The fourth-order valence-electron chi connectivity index (χ4n) is 2.96. The van der Waals surface area contributed by atoms with Gasteiger partial charge >= 0.3 is 0 Å². The number of benzene rings is 1. The number of rotatable bonds is 6. The van der Waals surface area contributed by atoms with E-state index in [1.54, 1.807) is 0 Å². The Morgan fingerprint density at radius 3 is 2.89 bits per heavy atom. The van der Waals surface area contributed by atoms with Gasteiger partial charge in [-0.25, -0.2) is 0 Å². The third-order valence-electron chi connectivity index (χ3n) is 3.91. The van der Waals surface area contributed by atoms with Crippen LogP contribution in [0.15, 0.2) is 28.7 Å². The lowest BCUT2D eigenvalue weighted by Gasteiger charge is -2.26. The summed E-state index contributed by atoms with van der Waals surface area (Å²) in [6, 6.07) is 9.90. The summed E-state index contributed by atoms with van der Waals surface area (Å²) in [7, 11) is 0. The predicted octanol–water partition coefficient (Wildman–Crippen LogP) is 5.16. The van der Waals surface area contributed by atoms with E-state index >= 15 is 0 Å². The third kappa shape index (κ3) is 4.24. The van der Waals surface area contributed by atoms with Crippen LogP contribution >= 0.6 is 27.7 Å². The molecular weight excluding hydrogens is 318 g/mol. The summed E-state index contributed by atoms with van der Waals surface area (Å²) in [5, 5.41) is 4.71. The van der Waals surface area contributed by atoms with E-state index in [2.05, 4.69) is 71.1 Å². The third-order valence-corrected chi connectivity index (χ3v) is 5.73. The van der Waals surface area contributed by atoms with Crippen molar-refractivity contribution in [2.75, 3.05) is 5.75 Å². The van der Waals surface area contributed by atoms with Gasteiger partial charge in [0, 0.05) is 21.8 Å². The van der Waals surface area contributed by atoms with Gasteiger partial charge in [-0.2, -0.15) is 11.8 Å². The van der Waals surface area contributed by atoms with Gasteiger partial charge in [0.05, 0.1) is 0 Å². The van der Waals surface area contributed by atoms with Crippen LogP contribution in [0.1, 0.15) is 51.1 Å². The normalized spacial score (nSPS) is 24.6. The van der Waals surface area contributed by atoms with Crippen LogP contribution in [0.4, 0.5) is 0 Å². The lowest BCUT2D eigenvalue weighted by molar-refractivity contribution is 0.435. The fraction of sp³-hybridized carbons (Fsp3) is 0.625. The first-order valence-electron chi connectivity index (χ1n) is 7.37. The molecule has 0 radical (unpaired) electrons. The highest BCUT2D eigenvalue weighted by Crippen LogP contribution is 2.32. The van der Waals surface area contributed by atoms with Gasteiger partial charge < -0.3 is 5.32 Å². The second kappa shape index (κ2) is 7.70. The molecule has 0 aliphatic heterocycles. The summed E-state index contributed by atoms with van der Waals surface area (Å²) in [5.41, 5.74) is 1.41. The number of hydrogen-bond donors (Lipinski definition) is 1. The minimum absolute atomic E-state index is 0.487. The molecule has 1 aliphatic rings.